The van der Waals surface area contributed by atoms with E-state index in [4.69, 9.17) is 10.5 Å². The molecule has 0 unspecified atom stereocenters. The zero-order valence-corrected chi connectivity index (χ0v) is 12.5. The number of aryl methyl sites for hydroxylation is 1. The van der Waals surface area contributed by atoms with Crippen LogP contribution in [-0.2, 0) is 0 Å². The first kappa shape index (κ1) is 12.4. The minimum absolute atomic E-state index is 0.556. The van der Waals surface area contributed by atoms with Crippen molar-refractivity contribution in [2.24, 2.45) is 0 Å². The van der Waals surface area contributed by atoms with Gasteiger partial charge in [0, 0.05) is 16.2 Å². The van der Waals surface area contributed by atoms with Crippen molar-refractivity contribution in [1.29, 1.82) is 0 Å². The topological polar surface area (TPSA) is 61.0 Å². The van der Waals surface area contributed by atoms with E-state index >= 15 is 0 Å². The van der Waals surface area contributed by atoms with Gasteiger partial charge in [-0.25, -0.2) is 9.97 Å². The molecule has 0 aliphatic rings. The molecule has 3 rings (SSSR count). The summed E-state index contributed by atoms with van der Waals surface area (Å²) < 4.78 is 7.63. The molecule has 0 radical (unpaired) electrons. The van der Waals surface area contributed by atoms with Crippen molar-refractivity contribution in [1.82, 2.24) is 9.97 Å². The van der Waals surface area contributed by atoms with E-state index in [0.717, 1.165) is 20.3 Å². The summed E-state index contributed by atoms with van der Waals surface area (Å²) in [6.45, 7) is 2.02. The highest BCUT2D eigenvalue weighted by Crippen LogP contribution is 2.34. The lowest BCUT2D eigenvalue weighted by Crippen LogP contribution is -1.91. The molecule has 0 aliphatic heterocycles. The maximum Gasteiger partial charge on any atom is 0.240 e. The normalized spacial score (nSPS) is 10.8. The van der Waals surface area contributed by atoms with Gasteiger partial charge in [-0.1, -0.05) is 15.9 Å². The van der Waals surface area contributed by atoms with Gasteiger partial charge in [0.15, 0.2) is 0 Å². The standard InChI is InChI=1S/C13H10BrN3OS/c1-7-5-19-12-11(7)16-6-17-13(12)18-10-3-8(14)2-9(15)4-10/h2-6H,15H2,1H3. The van der Waals surface area contributed by atoms with Gasteiger partial charge in [-0.05, 0) is 30.0 Å². The minimum Gasteiger partial charge on any atom is -0.437 e. The molecule has 0 aliphatic carbocycles. The Balaban J connectivity index is 2.05. The molecular formula is C13H10BrN3OS. The van der Waals surface area contributed by atoms with Crippen LogP contribution in [0.2, 0.25) is 0 Å². The van der Waals surface area contributed by atoms with Crippen LogP contribution >= 0.6 is 27.3 Å². The Kier molecular flexibility index (Phi) is 3.12. The highest BCUT2D eigenvalue weighted by atomic mass is 79.9. The van der Waals surface area contributed by atoms with E-state index in [1.807, 2.05) is 24.4 Å². The van der Waals surface area contributed by atoms with Crippen molar-refractivity contribution in [3.8, 4) is 11.6 Å². The zero-order chi connectivity index (χ0) is 13.4. The number of nitrogen functional groups attached to an aromatic ring is 1. The Morgan fingerprint density at radius 2 is 2.11 bits per heavy atom. The Morgan fingerprint density at radius 1 is 1.26 bits per heavy atom. The molecule has 0 fully saturated rings. The minimum atomic E-state index is 0.556. The fourth-order valence-electron chi connectivity index (χ4n) is 1.78. The molecule has 2 heterocycles. The predicted octanol–water partition coefficient (Wildman–Crippen LogP) is 4.14. The monoisotopic (exact) mass is 335 g/mol. The molecule has 3 aromatic rings. The van der Waals surface area contributed by atoms with E-state index in [2.05, 4.69) is 25.9 Å². The summed E-state index contributed by atoms with van der Waals surface area (Å²) in [5.41, 5.74) is 8.48. The number of rotatable bonds is 2. The van der Waals surface area contributed by atoms with Crippen LogP contribution < -0.4 is 10.5 Å². The number of halogens is 1. The van der Waals surface area contributed by atoms with Gasteiger partial charge < -0.3 is 10.5 Å². The van der Waals surface area contributed by atoms with Gasteiger partial charge in [-0.3, -0.25) is 0 Å². The number of nitrogens with zero attached hydrogens (tertiary/aromatic N) is 2. The van der Waals surface area contributed by atoms with Crippen LogP contribution in [0.1, 0.15) is 5.56 Å². The summed E-state index contributed by atoms with van der Waals surface area (Å²) in [5.74, 6) is 1.21. The Labute approximate surface area is 122 Å². The van der Waals surface area contributed by atoms with Gasteiger partial charge in [0.1, 0.15) is 16.8 Å². The number of fused-ring (bicyclic) bond motifs is 1. The van der Waals surface area contributed by atoms with Crippen LogP contribution in [0.25, 0.3) is 10.2 Å². The summed E-state index contributed by atoms with van der Waals surface area (Å²) >= 11 is 4.97. The molecule has 0 bridgehead atoms. The summed E-state index contributed by atoms with van der Waals surface area (Å²) in [6, 6.07) is 5.43. The number of anilines is 1. The molecule has 0 saturated carbocycles. The number of nitrogens with two attached hydrogens (primary N) is 1. The molecule has 2 N–H and O–H groups in total. The lowest BCUT2D eigenvalue weighted by molar-refractivity contribution is 0.469. The molecule has 0 amide bonds. The highest BCUT2D eigenvalue weighted by molar-refractivity contribution is 9.10. The van der Waals surface area contributed by atoms with Crippen LogP contribution in [-0.4, -0.2) is 9.97 Å². The summed E-state index contributed by atoms with van der Waals surface area (Å²) in [4.78, 5) is 8.46. The Bertz CT molecular complexity index is 736. The van der Waals surface area contributed by atoms with Gasteiger partial charge in [-0.2, -0.15) is 0 Å². The number of hydrogen-bond donors (Lipinski definition) is 1. The van der Waals surface area contributed by atoms with Crippen molar-refractivity contribution in [2.75, 3.05) is 5.73 Å². The molecule has 0 saturated heterocycles. The first-order valence-electron chi connectivity index (χ1n) is 5.56. The molecule has 4 nitrogen and oxygen atoms in total. The van der Waals surface area contributed by atoms with Crippen LogP contribution in [0.15, 0.2) is 34.4 Å². The first-order chi connectivity index (χ1) is 9.13. The third kappa shape index (κ3) is 2.41. The van der Waals surface area contributed by atoms with Crippen molar-refractivity contribution in [3.05, 3.63) is 39.9 Å². The maximum absolute atomic E-state index is 5.82. The van der Waals surface area contributed by atoms with Crippen LogP contribution in [0.3, 0.4) is 0 Å². The molecular weight excluding hydrogens is 326 g/mol. The number of thiophene rings is 1. The van der Waals surface area contributed by atoms with Gasteiger partial charge in [0.05, 0.1) is 5.52 Å². The number of hydrogen-bond acceptors (Lipinski definition) is 5. The van der Waals surface area contributed by atoms with Crippen LogP contribution in [0.4, 0.5) is 5.69 Å². The number of benzene rings is 1. The highest BCUT2D eigenvalue weighted by Gasteiger charge is 2.10. The molecule has 96 valence electrons. The van der Waals surface area contributed by atoms with Crippen LogP contribution in [0.5, 0.6) is 11.6 Å². The lowest BCUT2D eigenvalue weighted by atomic mass is 10.3. The van der Waals surface area contributed by atoms with E-state index in [9.17, 15) is 0 Å². The van der Waals surface area contributed by atoms with E-state index in [1.54, 1.807) is 17.4 Å². The van der Waals surface area contributed by atoms with Crippen molar-refractivity contribution in [2.45, 2.75) is 6.92 Å². The zero-order valence-electron chi connectivity index (χ0n) is 10.1. The molecule has 2 aromatic heterocycles. The molecule has 0 spiro atoms. The lowest BCUT2D eigenvalue weighted by Gasteiger charge is -2.06. The third-order valence-corrected chi connectivity index (χ3v) is 4.14. The average molecular weight is 336 g/mol. The van der Waals surface area contributed by atoms with Gasteiger partial charge >= 0.3 is 0 Å². The van der Waals surface area contributed by atoms with E-state index in [1.165, 1.54) is 6.33 Å². The Morgan fingerprint density at radius 3 is 2.89 bits per heavy atom. The second-order valence-electron chi connectivity index (χ2n) is 4.10. The van der Waals surface area contributed by atoms with Gasteiger partial charge in [-0.15, -0.1) is 11.3 Å². The first-order valence-corrected chi connectivity index (χ1v) is 7.23. The largest absolute Gasteiger partial charge is 0.437 e. The molecule has 19 heavy (non-hydrogen) atoms. The quantitative estimate of drug-likeness (QED) is 0.715. The predicted molar refractivity (Wildman–Crippen MR) is 80.8 cm³/mol. The summed E-state index contributed by atoms with van der Waals surface area (Å²) in [6.07, 6.45) is 1.51. The Hall–Kier alpha value is -1.66. The maximum atomic E-state index is 5.82. The van der Waals surface area contributed by atoms with E-state index < -0.39 is 0 Å². The smallest absolute Gasteiger partial charge is 0.240 e. The van der Waals surface area contributed by atoms with E-state index in [0.29, 0.717) is 17.3 Å². The number of ether oxygens (including phenoxy) is 1. The number of aromatic nitrogens is 2. The fraction of sp³-hybridized carbons (Fsp3) is 0.0769. The van der Waals surface area contributed by atoms with Crippen molar-refractivity contribution < 1.29 is 4.74 Å². The van der Waals surface area contributed by atoms with E-state index in [-0.39, 0.29) is 0 Å². The SMILES string of the molecule is Cc1csc2c(Oc3cc(N)cc(Br)c3)ncnc12. The summed E-state index contributed by atoms with van der Waals surface area (Å²) in [7, 11) is 0. The molecule has 0 atom stereocenters. The fourth-order valence-corrected chi connectivity index (χ4v) is 3.19. The molecule has 6 heteroatoms. The average Bonchev–Trinajstić information content (AvgIpc) is 2.71. The second-order valence-corrected chi connectivity index (χ2v) is 5.89. The van der Waals surface area contributed by atoms with Gasteiger partial charge in [0.25, 0.3) is 0 Å². The van der Waals surface area contributed by atoms with Crippen molar-refractivity contribution in [3.63, 3.8) is 0 Å². The summed E-state index contributed by atoms with van der Waals surface area (Å²) in [5, 5.41) is 2.04. The molecule has 1 aromatic carbocycles. The van der Waals surface area contributed by atoms with Crippen molar-refractivity contribution >= 4 is 43.2 Å². The second kappa shape index (κ2) is 4.79. The van der Waals surface area contributed by atoms with Gasteiger partial charge in [0.2, 0.25) is 5.88 Å². The third-order valence-electron chi connectivity index (χ3n) is 2.61. The van der Waals surface area contributed by atoms with Crippen LogP contribution in [0, 0.1) is 6.92 Å².